The van der Waals surface area contributed by atoms with Crippen LogP contribution in [0.3, 0.4) is 0 Å². The Kier molecular flexibility index (Phi) is 9.51. The molecule has 0 aromatic heterocycles. The molecule has 0 unspecified atom stereocenters. The van der Waals surface area contributed by atoms with E-state index in [1.54, 1.807) is 0 Å². The predicted molar refractivity (Wildman–Crippen MR) is 91.8 cm³/mol. The number of ether oxygens (including phenoxy) is 1. The zero-order valence-electron chi connectivity index (χ0n) is 14.1. The van der Waals surface area contributed by atoms with E-state index in [0.717, 1.165) is 24.1 Å². The molecule has 22 heavy (non-hydrogen) atoms. The number of hydrogen-bond donors (Lipinski definition) is 1. The van der Waals surface area contributed by atoms with E-state index in [0.29, 0.717) is 13.2 Å². The third-order valence-electron chi connectivity index (χ3n) is 3.62. The Labute approximate surface area is 134 Å². The first-order valence-electron chi connectivity index (χ1n) is 8.25. The SMILES string of the molecule is C=C(/C=C(\C=C/C)CNCC(=O)OCC)CCN1CCCC1. The molecule has 0 aromatic carbocycles. The van der Waals surface area contributed by atoms with Crippen LogP contribution in [0.4, 0.5) is 0 Å². The minimum Gasteiger partial charge on any atom is -0.465 e. The normalized spacial score (nSPS) is 16.4. The first kappa shape index (κ1) is 18.7. The van der Waals surface area contributed by atoms with Gasteiger partial charge in [0.05, 0.1) is 13.2 Å². The highest BCUT2D eigenvalue weighted by atomic mass is 16.5. The third-order valence-corrected chi connectivity index (χ3v) is 3.62. The van der Waals surface area contributed by atoms with Gasteiger partial charge in [-0.15, -0.1) is 0 Å². The van der Waals surface area contributed by atoms with Crippen molar-refractivity contribution in [3.63, 3.8) is 0 Å². The smallest absolute Gasteiger partial charge is 0.319 e. The largest absolute Gasteiger partial charge is 0.465 e. The molecule has 0 atom stereocenters. The quantitative estimate of drug-likeness (QED) is 0.498. The van der Waals surface area contributed by atoms with E-state index in [-0.39, 0.29) is 12.5 Å². The standard InChI is InChI=1S/C18H30N2O2/c1-4-8-17(14-19-15-18(21)22-5-2)13-16(3)9-12-20-10-6-7-11-20/h4,8,13,19H,3,5-7,9-12,14-15H2,1-2H3/b8-4-,17-13+. The second-order valence-corrected chi connectivity index (χ2v) is 5.58. The Balaban J connectivity index is 2.35. The second kappa shape index (κ2) is 11.2. The lowest BCUT2D eigenvalue weighted by Crippen LogP contribution is -2.26. The summed E-state index contributed by atoms with van der Waals surface area (Å²) in [7, 11) is 0. The lowest BCUT2D eigenvalue weighted by molar-refractivity contribution is -0.141. The van der Waals surface area contributed by atoms with Crippen molar-refractivity contribution < 1.29 is 9.53 Å². The van der Waals surface area contributed by atoms with Gasteiger partial charge < -0.3 is 15.0 Å². The molecule has 0 spiro atoms. The average molecular weight is 306 g/mol. The monoisotopic (exact) mass is 306 g/mol. The minimum absolute atomic E-state index is 0.213. The molecule has 1 saturated heterocycles. The summed E-state index contributed by atoms with van der Waals surface area (Å²) in [5.74, 6) is -0.213. The number of carbonyl (C=O) groups is 1. The van der Waals surface area contributed by atoms with Gasteiger partial charge >= 0.3 is 5.97 Å². The van der Waals surface area contributed by atoms with Gasteiger partial charge in [0.15, 0.2) is 0 Å². The number of carbonyl (C=O) groups excluding carboxylic acids is 1. The molecule has 1 rings (SSSR count). The van der Waals surface area contributed by atoms with Gasteiger partial charge in [-0.1, -0.05) is 30.4 Å². The van der Waals surface area contributed by atoms with E-state index in [1.165, 1.54) is 25.9 Å². The highest BCUT2D eigenvalue weighted by Crippen LogP contribution is 2.12. The van der Waals surface area contributed by atoms with Gasteiger partial charge in [-0.2, -0.15) is 0 Å². The third kappa shape index (κ3) is 8.15. The molecule has 1 aliphatic rings. The molecule has 0 bridgehead atoms. The van der Waals surface area contributed by atoms with Crippen LogP contribution < -0.4 is 5.32 Å². The van der Waals surface area contributed by atoms with Gasteiger partial charge in [-0.05, 0) is 51.8 Å². The Morgan fingerprint density at radius 2 is 2.05 bits per heavy atom. The van der Waals surface area contributed by atoms with Crippen LogP contribution in [0.1, 0.15) is 33.1 Å². The molecule has 1 aliphatic heterocycles. The molecule has 124 valence electrons. The summed E-state index contributed by atoms with van der Waals surface area (Å²) in [5, 5.41) is 3.11. The average Bonchev–Trinajstić information content (AvgIpc) is 2.99. The number of likely N-dealkylation sites (tertiary alicyclic amines) is 1. The maximum Gasteiger partial charge on any atom is 0.319 e. The van der Waals surface area contributed by atoms with E-state index in [2.05, 4.69) is 28.9 Å². The van der Waals surface area contributed by atoms with Crippen LogP contribution in [0.2, 0.25) is 0 Å². The van der Waals surface area contributed by atoms with E-state index in [9.17, 15) is 4.79 Å². The molecule has 0 saturated carbocycles. The predicted octanol–water partition coefficient (Wildman–Crippen LogP) is 2.68. The van der Waals surface area contributed by atoms with Gasteiger partial charge in [-0.25, -0.2) is 0 Å². The fraction of sp³-hybridized carbons (Fsp3) is 0.611. The number of esters is 1. The molecule has 0 aromatic rings. The number of hydrogen-bond acceptors (Lipinski definition) is 4. The van der Waals surface area contributed by atoms with Crippen LogP contribution in [0, 0.1) is 0 Å². The lowest BCUT2D eigenvalue weighted by atomic mass is 10.1. The number of nitrogens with one attached hydrogen (secondary N) is 1. The molecular weight excluding hydrogens is 276 g/mol. The van der Waals surface area contributed by atoms with Crippen molar-refractivity contribution in [3.05, 3.63) is 36.0 Å². The zero-order valence-corrected chi connectivity index (χ0v) is 14.1. The fourth-order valence-corrected chi connectivity index (χ4v) is 2.54. The molecule has 0 amide bonds. The summed E-state index contributed by atoms with van der Waals surface area (Å²) in [6.07, 6.45) is 9.83. The molecule has 1 N–H and O–H groups in total. The van der Waals surface area contributed by atoms with Gasteiger partial charge in [0.25, 0.3) is 0 Å². The first-order chi connectivity index (χ1) is 10.7. The summed E-state index contributed by atoms with van der Waals surface area (Å²) >= 11 is 0. The van der Waals surface area contributed by atoms with Crippen LogP contribution in [0.15, 0.2) is 36.0 Å². The molecule has 1 heterocycles. The number of nitrogens with zero attached hydrogens (tertiary/aromatic N) is 1. The fourth-order valence-electron chi connectivity index (χ4n) is 2.54. The number of rotatable bonds is 10. The minimum atomic E-state index is -0.213. The van der Waals surface area contributed by atoms with Crippen LogP contribution in [-0.2, 0) is 9.53 Å². The van der Waals surface area contributed by atoms with Gasteiger partial charge in [0, 0.05) is 13.1 Å². The maximum absolute atomic E-state index is 11.3. The summed E-state index contributed by atoms with van der Waals surface area (Å²) in [5.41, 5.74) is 2.27. The lowest BCUT2D eigenvalue weighted by Gasteiger charge is -2.14. The van der Waals surface area contributed by atoms with E-state index in [1.807, 2.05) is 19.9 Å². The molecule has 4 heteroatoms. The molecule has 1 fully saturated rings. The highest BCUT2D eigenvalue weighted by molar-refractivity contribution is 5.71. The summed E-state index contributed by atoms with van der Waals surface area (Å²) in [6.45, 7) is 12.8. The van der Waals surface area contributed by atoms with Crippen LogP contribution in [0.25, 0.3) is 0 Å². The van der Waals surface area contributed by atoms with Crippen molar-refractivity contribution in [3.8, 4) is 0 Å². The number of allylic oxidation sites excluding steroid dienone is 2. The Hall–Kier alpha value is -1.39. The zero-order chi connectivity index (χ0) is 16.2. The van der Waals surface area contributed by atoms with Crippen molar-refractivity contribution in [2.75, 3.05) is 39.3 Å². The van der Waals surface area contributed by atoms with Gasteiger partial charge in [0.1, 0.15) is 0 Å². The van der Waals surface area contributed by atoms with E-state index >= 15 is 0 Å². The van der Waals surface area contributed by atoms with Crippen molar-refractivity contribution in [1.29, 1.82) is 0 Å². The molecule has 0 radical (unpaired) electrons. The van der Waals surface area contributed by atoms with Crippen LogP contribution in [0.5, 0.6) is 0 Å². The summed E-state index contributed by atoms with van der Waals surface area (Å²) in [6, 6.07) is 0. The molecule has 4 nitrogen and oxygen atoms in total. The Bertz CT molecular complexity index is 407. The van der Waals surface area contributed by atoms with Crippen LogP contribution in [-0.4, -0.2) is 50.2 Å². The highest BCUT2D eigenvalue weighted by Gasteiger charge is 2.10. The molecule has 0 aliphatic carbocycles. The summed E-state index contributed by atoms with van der Waals surface area (Å²) in [4.78, 5) is 13.8. The second-order valence-electron chi connectivity index (χ2n) is 5.58. The van der Waals surface area contributed by atoms with Crippen LogP contribution >= 0.6 is 0 Å². The van der Waals surface area contributed by atoms with E-state index < -0.39 is 0 Å². The van der Waals surface area contributed by atoms with Crippen molar-refractivity contribution in [2.45, 2.75) is 33.1 Å². The van der Waals surface area contributed by atoms with Crippen molar-refractivity contribution in [2.24, 2.45) is 0 Å². The Morgan fingerprint density at radius 3 is 2.68 bits per heavy atom. The van der Waals surface area contributed by atoms with Crippen molar-refractivity contribution in [1.82, 2.24) is 10.2 Å². The Morgan fingerprint density at radius 1 is 1.32 bits per heavy atom. The van der Waals surface area contributed by atoms with E-state index in [4.69, 9.17) is 4.74 Å². The topological polar surface area (TPSA) is 41.6 Å². The van der Waals surface area contributed by atoms with Crippen molar-refractivity contribution >= 4 is 5.97 Å². The van der Waals surface area contributed by atoms with Gasteiger partial charge in [0.2, 0.25) is 0 Å². The van der Waals surface area contributed by atoms with Gasteiger partial charge in [-0.3, -0.25) is 4.79 Å². The molecular formula is C18H30N2O2. The first-order valence-corrected chi connectivity index (χ1v) is 8.25. The summed E-state index contributed by atoms with van der Waals surface area (Å²) < 4.78 is 4.90. The maximum atomic E-state index is 11.3.